The van der Waals surface area contributed by atoms with Gasteiger partial charge in [-0.2, -0.15) is 0 Å². The lowest BCUT2D eigenvalue weighted by Gasteiger charge is -2.28. The zero-order chi connectivity index (χ0) is 17.7. The van der Waals surface area contributed by atoms with Crippen LogP contribution in [-0.2, 0) is 15.2 Å². The van der Waals surface area contributed by atoms with E-state index in [0.717, 1.165) is 12.8 Å². The second-order valence-corrected chi connectivity index (χ2v) is 6.26. The predicted molar refractivity (Wildman–Crippen MR) is 94.6 cm³/mol. The Hall–Kier alpha value is -2.66. The molecule has 5 nitrogen and oxygen atoms in total. The first-order chi connectivity index (χ1) is 12.1. The van der Waals surface area contributed by atoms with Gasteiger partial charge in [-0.05, 0) is 24.0 Å². The maximum absolute atomic E-state index is 12.8. The maximum atomic E-state index is 12.8. The highest BCUT2D eigenvalue weighted by molar-refractivity contribution is 5.90. The molecule has 0 bridgehead atoms. The highest BCUT2D eigenvalue weighted by Crippen LogP contribution is 2.30. The van der Waals surface area contributed by atoms with Crippen molar-refractivity contribution in [1.82, 2.24) is 10.6 Å². The van der Waals surface area contributed by atoms with E-state index >= 15 is 0 Å². The SMILES string of the molecule is O=C(NCCNC(=O)C(O)(c1ccccc1)c1ccccc1)C1CC1. The smallest absolute Gasteiger partial charge is 0.261 e. The number of hydrogen-bond donors (Lipinski definition) is 3. The van der Waals surface area contributed by atoms with Crippen LogP contribution in [-0.4, -0.2) is 30.0 Å². The largest absolute Gasteiger partial charge is 0.372 e. The molecule has 25 heavy (non-hydrogen) atoms. The van der Waals surface area contributed by atoms with E-state index in [1.165, 1.54) is 0 Å². The highest BCUT2D eigenvalue weighted by atomic mass is 16.3. The lowest BCUT2D eigenvalue weighted by Crippen LogP contribution is -2.47. The molecular weight excluding hydrogens is 316 g/mol. The quantitative estimate of drug-likeness (QED) is 0.671. The van der Waals surface area contributed by atoms with Gasteiger partial charge in [-0.25, -0.2) is 0 Å². The summed E-state index contributed by atoms with van der Waals surface area (Å²) in [5.41, 5.74) is -0.773. The fourth-order valence-electron chi connectivity index (χ4n) is 2.77. The van der Waals surface area contributed by atoms with Crippen molar-refractivity contribution in [2.45, 2.75) is 18.4 Å². The van der Waals surface area contributed by atoms with Gasteiger partial charge in [-0.15, -0.1) is 0 Å². The Labute approximate surface area is 147 Å². The van der Waals surface area contributed by atoms with Gasteiger partial charge in [0.05, 0.1) is 0 Å². The van der Waals surface area contributed by atoms with Gasteiger partial charge in [0.1, 0.15) is 0 Å². The van der Waals surface area contributed by atoms with Gasteiger partial charge in [0.2, 0.25) is 5.91 Å². The molecule has 1 fully saturated rings. The molecule has 2 aromatic carbocycles. The van der Waals surface area contributed by atoms with Crippen LogP contribution < -0.4 is 10.6 Å². The average Bonchev–Trinajstić information content (AvgIpc) is 3.51. The molecule has 1 aliphatic carbocycles. The third kappa shape index (κ3) is 3.88. The van der Waals surface area contributed by atoms with Gasteiger partial charge >= 0.3 is 0 Å². The van der Waals surface area contributed by atoms with Crippen LogP contribution >= 0.6 is 0 Å². The molecule has 1 aliphatic rings. The van der Waals surface area contributed by atoms with Crippen molar-refractivity contribution in [3.8, 4) is 0 Å². The Morgan fingerprint density at radius 1 is 0.880 bits per heavy atom. The van der Waals surface area contributed by atoms with Gasteiger partial charge < -0.3 is 15.7 Å². The van der Waals surface area contributed by atoms with Gasteiger partial charge in [0.15, 0.2) is 5.60 Å². The Morgan fingerprint density at radius 2 is 1.36 bits per heavy atom. The number of benzene rings is 2. The van der Waals surface area contributed by atoms with Crippen LogP contribution in [0.2, 0.25) is 0 Å². The van der Waals surface area contributed by atoms with Crippen molar-refractivity contribution in [2.24, 2.45) is 5.92 Å². The molecule has 0 spiro atoms. The van der Waals surface area contributed by atoms with Gasteiger partial charge in [0, 0.05) is 19.0 Å². The molecule has 0 saturated heterocycles. The lowest BCUT2D eigenvalue weighted by atomic mass is 9.85. The van der Waals surface area contributed by atoms with Crippen molar-refractivity contribution in [3.05, 3.63) is 71.8 Å². The Bertz CT molecular complexity index is 688. The molecule has 0 unspecified atom stereocenters. The summed E-state index contributed by atoms with van der Waals surface area (Å²) >= 11 is 0. The van der Waals surface area contributed by atoms with E-state index < -0.39 is 11.5 Å². The Kier molecular flexibility index (Phi) is 5.14. The third-order valence-electron chi connectivity index (χ3n) is 4.37. The van der Waals surface area contributed by atoms with Crippen LogP contribution in [0.1, 0.15) is 24.0 Å². The van der Waals surface area contributed by atoms with E-state index in [2.05, 4.69) is 10.6 Å². The van der Waals surface area contributed by atoms with Crippen LogP contribution in [0.5, 0.6) is 0 Å². The van der Waals surface area contributed by atoms with Crippen LogP contribution in [0.25, 0.3) is 0 Å². The van der Waals surface area contributed by atoms with Crippen LogP contribution in [0.3, 0.4) is 0 Å². The standard InChI is InChI=1S/C20H22N2O3/c23-18(15-11-12-15)21-13-14-22-19(24)20(25,16-7-3-1-4-8-16)17-9-5-2-6-10-17/h1-10,15,25H,11-14H2,(H,21,23)(H,22,24). The summed E-state index contributed by atoms with van der Waals surface area (Å²) in [6.45, 7) is 0.611. The predicted octanol–water partition coefficient (Wildman–Crippen LogP) is 1.56. The zero-order valence-electron chi connectivity index (χ0n) is 13.9. The molecule has 0 radical (unpaired) electrons. The number of nitrogens with one attached hydrogen (secondary N) is 2. The Balaban J connectivity index is 1.70. The van der Waals surface area contributed by atoms with Crippen LogP contribution in [0, 0.1) is 5.92 Å². The van der Waals surface area contributed by atoms with E-state index in [-0.39, 0.29) is 18.4 Å². The maximum Gasteiger partial charge on any atom is 0.261 e. The molecule has 130 valence electrons. The molecule has 3 N–H and O–H groups in total. The number of carbonyl (C=O) groups is 2. The lowest BCUT2D eigenvalue weighted by molar-refractivity contribution is -0.136. The molecule has 2 amide bonds. The second kappa shape index (κ2) is 7.49. The molecule has 0 aromatic heterocycles. The number of hydrogen-bond acceptors (Lipinski definition) is 3. The molecular formula is C20H22N2O3. The van der Waals surface area contributed by atoms with Gasteiger partial charge in [-0.3, -0.25) is 9.59 Å². The van der Waals surface area contributed by atoms with Crippen molar-refractivity contribution < 1.29 is 14.7 Å². The average molecular weight is 338 g/mol. The first kappa shape index (κ1) is 17.2. The summed E-state index contributed by atoms with van der Waals surface area (Å²) in [4.78, 5) is 24.4. The van der Waals surface area contributed by atoms with E-state index in [0.29, 0.717) is 17.7 Å². The summed E-state index contributed by atoms with van der Waals surface area (Å²) in [6.07, 6.45) is 1.89. The van der Waals surface area contributed by atoms with Gasteiger partial charge in [-0.1, -0.05) is 60.7 Å². The molecule has 3 rings (SSSR count). The van der Waals surface area contributed by atoms with Crippen molar-refractivity contribution >= 4 is 11.8 Å². The molecule has 5 heteroatoms. The monoisotopic (exact) mass is 338 g/mol. The Morgan fingerprint density at radius 3 is 1.84 bits per heavy atom. The minimum absolute atomic E-state index is 0.0376. The van der Waals surface area contributed by atoms with E-state index in [1.807, 2.05) is 12.1 Å². The minimum Gasteiger partial charge on any atom is -0.372 e. The minimum atomic E-state index is -1.77. The summed E-state index contributed by atoms with van der Waals surface area (Å²) < 4.78 is 0. The molecule has 2 aromatic rings. The second-order valence-electron chi connectivity index (χ2n) is 6.26. The fourth-order valence-corrected chi connectivity index (χ4v) is 2.77. The summed E-state index contributed by atoms with van der Waals surface area (Å²) in [7, 11) is 0. The van der Waals surface area contributed by atoms with E-state index in [1.54, 1.807) is 48.5 Å². The summed E-state index contributed by atoms with van der Waals surface area (Å²) in [6, 6.07) is 17.7. The number of rotatable bonds is 7. The number of amides is 2. The zero-order valence-corrected chi connectivity index (χ0v) is 13.9. The third-order valence-corrected chi connectivity index (χ3v) is 4.37. The molecule has 0 aliphatic heterocycles. The van der Waals surface area contributed by atoms with Crippen molar-refractivity contribution in [1.29, 1.82) is 0 Å². The molecule has 0 heterocycles. The first-order valence-electron chi connectivity index (χ1n) is 8.52. The van der Waals surface area contributed by atoms with Crippen molar-refractivity contribution in [2.75, 3.05) is 13.1 Å². The van der Waals surface area contributed by atoms with E-state index in [4.69, 9.17) is 0 Å². The topological polar surface area (TPSA) is 78.4 Å². The number of carbonyl (C=O) groups excluding carboxylic acids is 2. The van der Waals surface area contributed by atoms with Gasteiger partial charge in [0.25, 0.3) is 5.91 Å². The normalized spacial score (nSPS) is 14.0. The highest BCUT2D eigenvalue weighted by Gasteiger charge is 2.39. The van der Waals surface area contributed by atoms with Crippen molar-refractivity contribution in [3.63, 3.8) is 0 Å². The number of aliphatic hydroxyl groups is 1. The van der Waals surface area contributed by atoms with Crippen LogP contribution in [0.4, 0.5) is 0 Å². The van der Waals surface area contributed by atoms with E-state index in [9.17, 15) is 14.7 Å². The molecule has 1 saturated carbocycles. The van der Waals surface area contributed by atoms with Crippen LogP contribution in [0.15, 0.2) is 60.7 Å². The fraction of sp³-hybridized carbons (Fsp3) is 0.300. The summed E-state index contributed by atoms with van der Waals surface area (Å²) in [5.74, 6) is -0.331. The summed E-state index contributed by atoms with van der Waals surface area (Å²) in [5, 5.41) is 16.8. The first-order valence-corrected chi connectivity index (χ1v) is 8.52. The molecule has 0 atom stereocenters.